The van der Waals surface area contributed by atoms with Crippen LogP contribution in [0.5, 0.6) is 0 Å². The third-order valence-corrected chi connectivity index (χ3v) is 5.23. The molecule has 1 amide bonds. The van der Waals surface area contributed by atoms with E-state index in [0.29, 0.717) is 28.0 Å². The Morgan fingerprint density at radius 2 is 1.88 bits per heavy atom. The Morgan fingerprint density at radius 1 is 1.12 bits per heavy atom. The number of nitrogens with one attached hydrogen (secondary N) is 2. The lowest BCUT2D eigenvalue weighted by molar-refractivity contribution is -0.130. The smallest absolute Gasteiger partial charge is 0.411 e. The molecule has 3 N–H and O–H groups in total. The van der Waals surface area contributed by atoms with Crippen molar-refractivity contribution in [1.82, 2.24) is 4.98 Å². The van der Waals surface area contributed by atoms with Crippen LogP contribution in [0.25, 0.3) is 22.6 Å². The second-order valence-corrected chi connectivity index (χ2v) is 7.99. The number of rotatable bonds is 8. The minimum absolute atomic E-state index is 0.0391. The summed E-state index contributed by atoms with van der Waals surface area (Å²) in [6.07, 6.45) is 1.35. The molecule has 0 spiro atoms. The summed E-state index contributed by atoms with van der Waals surface area (Å²) in [5, 5.41) is 13.5. The molecule has 0 saturated carbocycles. The van der Waals surface area contributed by atoms with Gasteiger partial charge in [-0.15, -0.1) is 0 Å². The molecule has 1 aromatic heterocycles. The third kappa shape index (κ3) is 5.70. The Kier molecular flexibility index (Phi) is 8.20. The lowest BCUT2D eigenvalue weighted by atomic mass is 10.0. The van der Waals surface area contributed by atoms with Crippen molar-refractivity contribution in [2.24, 2.45) is 0 Å². The van der Waals surface area contributed by atoms with E-state index >= 15 is 0 Å². The summed E-state index contributed by atoms with van der Waals surface area (Å²) in [7, 11) is 0. The number of amides is 1. The first-order valence-corrected chi connectivity index (χ1v) is 11.2. The molecule has 34 heavy (non-hydrogen) atoms. The molecular formula is C24H22Cl2N2O6. The number of ether oxygens (including phenoxy) is 2. The quantitative estimate of drug-likeness (QED) is 0.247. The van der Waals surface area contributed by atoms with Crippen molar-refractivity contribution in [2.45, 2.75) is 20.3 Å². The predicted octanol–water partition coefficient (Wildman–Crippen LogP) is 6.24. The van der Waals surface area contributed by atoms with Gasteiger partial charge in [0.1, 0.15) is 5.69 Å². The van der Waals surface area contributed by atoms with Gasteiger partial charge < -0.3 is 19.6 Å². The number of halogens is 2. The Labute approximate surface area is 205 Å². The molecular weight excluding hydrogens is 483 g/mol. The van der Waals surface area contributed by atoms with Crippen LogP contribution in [-0.4, -0.2) is 41.3 Å². The van der Waals surface area contributed by atoms with Gasteiger partial charge in [0.25, 0.3) is 0 Å². The lowest BCUT2D eigenvalue weighted by Gasteiger charge is -2.09. The highest BCUT2D eigenvalue weighted by Crippen LogP contribution is 2.35. The molecule has 0 aliphatic heterocycles. The minimum Gasteiger partial charge on any atom is -0.478 e. The molecule has 3 aromatic rings. The van der Waals surface area contributed by atoms with E-state index in [1.807, 2.05) is 6.92 Å². The van der Waals surface area contributed by atoms with Crippen molar-refractivity contribution in [3.8, 4) is 0 Å². The second-order valence-electron chi connectivity index (χ2n) is 7.15. The number of esters is 1. The molecule has 0 fully saturated rings. The van der Waals surface area contributed by atoms with Gasteiger partial charge >= 0.3 is 18.0 Å². The second kappa shape index (κ2) is 11.1. The maximum Gasteiger partial charge on any atom is 0.411 e. The van der Waals surface area contributed by atoms with Crippen LogP contribution in [0.2, 0.25) is 10.0 Å². The van der Waals surface area contributed by atoms with E-state index in [4.69, 9.17) is 32.7 Å². The minimum atomic E-state index is -1.25. The zero-order valence-electron chi connectivity index (χ0n) is 18.4. The van der Waals surface area contributed by atoms with Gasteiger partial charge in [-0.3, -0.25) is 5.32 Å². The fourth-order valence-electron chi connectivity index (χ4n) is 3.31. The highest BCUT2D eigenvalue weighted by molar-refractivity contribution is 6.39. The molecule has 0 atom stereocenters. The van der Waals surface area contributed by atoms with Crippen molar-refractivity contribution in [3.63, 3.8) is 0 Å². The number of carbonyl (C=O) groups is 3. The van der Waals surface area contributed by atoms with Gasteiger partial charge in [-0.2, -0.15) is 0 Å². The fraction of sp³-hybridized carbons (Fsp3) is 0.208. The van der Waals surface area contributed by atoms with Crippen LogP contribution in [0.15, 0.2) is 36.4 Å². The van der Waals surface area contributed by atoms with Crippen LogP contribution in [0.3, 0.4) is 0 Å². The number of H-pyrrole nitrogens is 1. The number of fused-ring (bicyclic) bond motifs is 1. The van der Waals surface area contributed by atoms with Gasteiger partial charge in [-0.25, -0.2) is 14.4 Å². The maximum atomic E-state index is 12.6. The van der Waals surface area contributed by atoms with Crippen molar-refractivity contribution in [1.29, 1.82) is 0 Å². The normalized spacial score (nSPS) is 11.4. The van der Waals surface area contributed by atoms with Crippen molar-refractivity contribution in [2.75, 3.05) is 18.5 Å². The van der Waals surface area contributed by atoms with Crippen molar-refractivity contribution >= 4 is 69.5 Å². The summed E-state index contributed by atoms with van der Waals surface area (Å²) < 4.78 is 10.1. The zero-order valence-corrected chi connectivity index (χ0v) is 19.9. The topological polar surface area (TPSA) is 118 Å². The molecule has 0 bridgehead atoms. The summed E-state index contributed by atoms with van der Waals surface area (Å²) in [4.78, 5) is 39.7. The van der Waals surface area contributed by atoms with Crippen molar-refractivity contribution < 1.29 is 29.0 Å². The van der Waals surface area contributed by atoms with Crippen LogP contribution in [0.1, 0.15) is 41.9 Å². The molecule has 0 saturated heterocycles. The average Bonchev–Trinajstić information content (AvgIpc) is 3.14. The summed E-state index contributed by atoms with van der Waals surface area (Å²) in [6, 6.07) is 9.33. The van der Waals surface area contributed by atoms with Gasteiger partial charge in [0.2, 0.25) is 0 Å². The van der Waals surface area contributed by atoms with Gasteiger partial charge in [0, 0.05) is 27.2 Å². The number of carboxylic acids is 1. The van der Waals surface area contributed by atoms with Gasteiger partial charge in [0.15, 0.2) is 0 Å². The lowest BCUT2D eigenvalue weighted by Crippen LogP contribution is -2.14. The molecule has 0 radical (unpaired) electrons. The molecule has 178 valence electrons. The van der Waals surface area contributed by atoms with E-state index in [1.165, 1.54) is 18.2 Å². The Morgan fingerprint density at radius 3 is 2.56 bits per heavy atom. The molecule has 3 rings (SSSR count). The summed E-state index contributed by atoms with van der Waals surface area (Å²) in [5.74, 6) is -1.92. The highest BCUT2D eigenvalue weighted by atomic mass is 35.5. The van der Waals surface area contributed by atoms with Crippen LogP contribution in [-0.2, 0) is 14.3 Å². The zero-order chi connectivity index (χ0) is 24.8. The summed E-state index contributed by atoms with van der Waals surface area (Å²) in [6.45, 7) is 3.91. The number of aromatic nitrogens is 1. The Bertz CT molecular complexity index is 1280. The molecule has 0 aliphatic carbocycles. The molecule has 0 unspecified atom stereocenters. The number of hydrogen-bond acceptors (Lipinski definition) is 5. The number of benzene rings is 2. The first-order chi connectivity index (χ1) is 16.2. The third-order valence-electron chi connectivity index (χ3n) is 4.71. The number of carboxylic acid groups (broad SMARTS) is 1. The maximum absolute atomic E-state index is 12.6. The highest BCUT2D eigenvalue weighted by Gasteiger charge is 2.22. The van der Waals surface area contributed by atoms with Gasteiger partial charge in [-0.1, -0.05) is 42.3 Å². The Hall–Kier alpha value is -3.49. The van der Waals surface area contributed by atoms with E-state index in [9.17, 15) is 19.5 Å². The van der Waals surface area contributed by atoms with E-state index in [2.05, 4.69) is 10.3 Å². The van der Waals surface area contributed by atoms with Crippen LogP contribution in [0, 0.1) is 0 Å². The van der Waals surface area contributed by atoms with E-state index in [1.54, 1.807) is 31.2 Å². The fourth-order valence-corrected chi connectivity index (χ4v) is 3.90. The summed E-state index contributed by atoms with van der Waals surface area (Å²) in [5.41, 5.74) is 1.23. The molecule has 8 nitrogen and oxygen atoms in total. The number of hydrogen-bond donors (Lipinski definition) is 3. The largest absolute Gasteiger partial charge is 0.478 e. The number of aliphatic carboxylic acids is 1. The van der Waals surface area contributed by atoms with E-state index in [-0.39, 0.29) is 40.6 Å². The van der Waals surface area contributed by atoms with Gasteiger partial charge in [-0.05, 0) is 49.2 Å². The summed E-state index contributed by atoms with van der Waals surface area (Å²) >= 11 is 12.5. The number of aromatic amines is 1. The standard InChI is InChI=1S/C24H22Cl2N2O6/c1-3-8-34-24(32)27-15-7-5-6-13(9-15)16(22(29)30)12-17-20-18(26)10-14(25)11-19(20)28-21(17)23(31)33-4-2/h5-7,9-12,28H,3-4,8H2,1-2H3,(H,27,32)(H,29,30). The SMILES string of the molecule is CCCOC(=O)Nc1cccc(C(=Cc2c(C(=O)OCC)[nH]c3cc(Cl)cc(Cl)c23)C(=O)O)c1. The first-order valence-electron chi connectivity index (χ1n) is 10.4. The van der Waals surface area contributed by atoms with Crippen LogP contribution in [0.4, 0.5) is 10.5 Å². The first kappa shape index (κ1) is 25.1. The Balaban J connectivity index is 2.14. The average molecular weight is 505 g/mol. The molecule has 2 aromatic carbocycles. The number of anilines is 1. The molecule has 10 heteroatoms. The van der Waals surface area contributed by atoms with Crippen molar-refractivity contribution in [3.05, 3.63) is 63.3 Å². The molecule has 0 aliphatic rings. The van der Waals surface area contributed by atoms with Crippen LogP contribution < -0.4 is 5.32 Å². The van der Waals surface area contributed by atoms with Gasteiger partial charge in [0.05, 0.1) is 23.8 Å². The van der Waals surface area contributed by atoms with E-state index in [0.717, 1.165) is 0 Å². The van der Waals surface area contributed by atoms with E-state index < -0.39 is 18.0 Å². The van der Waals surface area contributed by atoms with Crippen LogP contribution >= 0.6 is 23.2 Å². The predicted molar refractivity (Wildman–Crippen MR) is 131 cm³/mol. The monoisotopic (exact) mass is 504 g/mol. The molecule has 1 heterocycles. The number of carbonyl (C=O) groups excluding carboxylic acids is 2.